The molecular weight excluding hydrogens is 324 g/mol. The van der Waals surface area contributed by atoms with Gasteiger partial charge in [0, 0.05) is 37.8 Å². The van der Waals surface area contributed by atoms with Crippen molar-refractivity contribution < 1.29 is 9.90 Å². The molecule has 0 aliphatic carbocycles. The van der Waals surface area contributed by atoms with Crippen LogP contribution >= 0.6 is 0 Å². The van der Waals surface area contributed by atoms with Gasteiger partial charge in [0.1, 0.15) is 0 Å². The van der Waals surface area contributed by atoms with E-state index < -0.39 is 5.97 Å². The molecule has 138 valence electrons. The molecule has 0 amide bonds. The van der Waals surface area contributed by atoms with E-state index in [0.29, 0.717) is 23.7 Å². The van der Waals surface area contributed by atoms with Crippen LogP contribution in [0.5, 0.6) is 0 Å². The van der Waals surface area contributed by atoms with Crippen molar-refractivity contribution in [2.45, 2.75) is 45.4 Å². The minimum atomic E-state index is -0.873. The summed E-state index contributed by atoms with van der Waals surface area (Å²) >= 11 is 0. The maximum atomic E-state index is 11.0. The first-order valence-electron chi connectivity index (χ1n) is 9.32. The van der Waals surface area contributed by atoms with Crippen LogP contribution in [0.3, 0.4) is 0 Å². The van der Waals surface area contributed by atoms with Crippen LogP contribution in [0.4, 0.5) is 0 Å². The third-order valence-corrected chi connectivity index (χ3v) is 5.53. The van der Waals surface area contributed by atoms with Crippen LogP contribution in [-0.4, -0.2) is 46.0 Å². The number of nitrogens with zero attached hydrogens (tertiary/aromatic N) is 2. The zero-order valence-electron chi connectivity index (χ0n) is 15.8. The minimum absolute atomic E-state index is 0.344. The summed E-state index contributed by atoms with van der Waals surface area (Å²) < 4.78 is 0. The smallest absolute Gasteiger partial charge is 0.335 e. The van der Waals surface area contributed by atoms with Gasteiger partial charge in [-0.05, 0) is 44.0 Å². The summed E-state index contributed by atoms with van der Waals surface area (Å²) in [5.41, 5.74) is 2.87. The number of benzene rings is 2. The van der Waals surface area contributed by atoms with Crippen molar-refractivity contribution >= 4 is 5.97 Å². The van der Waals surface area contributed by atoms with Gasteiger partial charge in [-0.2, -0.15) is 0 Å². The summed E-state index contributed by atoms with van der Waals surface area (Å²) in [6.45, 7) is 9.78. The highest BCUT2D eigenvalue weighted by Crippen LogP contribution is 2.27. The van der Waals surface area contributed by atoms with E-state index in [1.165, 1.54) is 11.1 Å². The van der Waals surface area contributed by atoms with Gasteiger partial charge in [0.05, 0.1) is 5.56 Å². The predicted octanol–water partition coefficient (Wildman–Crippen LogP) is 4.04. The Hall–Kier alpha value is -2.17. The molecule has 1 saturated heterocycles. The number of aromatic carboxylic acids is 1. The van der Waals surface area contributed by atoms with E-state index in [1.807, 2.05) is 12.1 Å². The number of hydrogen-bond donors (Lipinski definition) is 1. The highest BCUT2D eigenvalue weighted by molar-refractivity contribution is 5.87. The van der Waals surface area contributed by atoms with Crippen molar-refractivity contribution in [3.8, 4) is 0 Å². The normalized spacial score (nSPS) is 22.9. The number of carboxylic acids is 1. The van der Waals surface area contributed by atoms with Gasteiger partial charge in [-0.25, -0.2) is 4.79 Å². The summed E-state index contributed by atoms with van der Waals surface area (Å²) in [6.07, 6.45) is 0. The predicted molar refractivity (Wildman–Crippen MR) is 104 cm³/mol. The standard InChI is InChI=1S/C22H28N2O2/c1-16-13-23(18(3)20-7-5-4-6-8-20)14-17(2)24(16)15-19-9-11-21(12-10-19)22(25)26/h4-12,16-18H,13-15H2,1-3H3,(H,25,26)/t16-,17+,18?. The highest BCUT2D eigenvalue weighted by Gasteiger charge is 2.31. The lowest BCUT2D eigenvalue weighted by Crippen LogP contribution is -2.56. The van der Waals surface area contributed by atoms with Gasteiger partial charge >= 0.3 is 5.97 Å². The summed E-state index contributed by atoms with van der Waals surface area (Å²) in [7, 11) is 0. The maximum Gasteiger partial charge on any atom is 0.335 e. The van der Waals surface area contributed by atoms with Gasteiger partial charge in [0.2, 0.25) is 0 Å². The molecule has 0 aromatic heterocycles. The Morgan fingerprint density at radius 3 is 2.15 bits per heavy atom. The van der Waals surface area contributed by atoms with E-state index in [-0.39, 0.29) is 0 Å². The second kappa shape index (κ2) is 8.02. The third-order valence-electron chi connectivity index (χ3n) is 5.53. The van der Waals surface area contributed by atoms with Gasteiger partial charge in [0.25, 0.3) is 0 Å². The average molecular weight is 352 g/mol. The zero-order chi connectivity index (χ0) is 18.7. The van der Waals surface area contributed by atoms with E-state index in [0.717, 1.165) is 19.6 Å². The number of carbonyl (C=O) groups is 1. The molecule has 3 rings (SSSR count). The van der Waals surface area contributed by atoms with E-state index in [9.17, 15) is 4.79 Å². The Labute approximate surface area is 156 Å². The fourth-order valence-corrected chi connectivity index (χ4v) is 3.93. The molecule has 1 aliphatic heterocycles. The van der Waals surface area contributed by atoms with Crippen molar-refractivity contribution in [1.82, 2.24) is 9.80 Å². The van der Waals surface area contributed by atoms with Crippen molar-refractivity contribution in [1.29, 1.82) is 0 Å². The highest BCUT2D eigenvalue weighted by atomic mass is 16.4. The molecule has 0 spiro atoms. The first-order valence-corrected chi connectivity index (χ1v) is 9.32. The molecule has 26 heavy (non-hydrogen) atoms. The topological polar surface area (TPSA) is 43.8 Å². The first kappa shape index (κ1) is 18.6. The second-order valence-corrected chi connectivity index (χ2v) is 7.41. The van der Waals surface area contributed by atoms with Gasteiger partial charge in [0.15, 0.2) is 0 Å². The summed E-state index contributed by atoms with van der Waals surface area (Å²) in [4.78, 5) is 16.1. The molecule has 1 aliphatic rings. The zero-order valence-corrected chi connectivity index (χ0v) is 15.8. The van der Waals surface area contributed by atoms with Gasteiger partial charge in [-0.1, -0.05) is 42.5 Å². The molecule has 2 aromatic carbocycles. The van der Waals surface area contributed by atoms with Crippen LogP contribution in [0.2, 0.25) is 0 Å². The lowest BCUT2D eigenvalue weighted by Gasteiger charge is -2.46. The van der Waals surface area contributed by atoms with E-state index in [4.69, 9.17) is 5.11 Å². The molecular formula is C22H28N2O2. The molecule has 1 heterocycles. The minimum Gasteiger partial charge on any atom is -0.478 e. The van der Waals surface area contributed by atoms with Crippen LogP contribution < -0.4 is 0 Å². The van der Waals surface area contributed by atoms with Crippen LogP contribution in [0.1, 0.15) is 48.3 Å². The van der Waals surface area contributed by atoms with E-state index in [2.05, 4.69) is 60.9 Å². The Morgan fingerprint density at radius 1 is 1.04 bits per heavy atom. The van der Waals surface area contributed by atoms with Crippen molar-refractivity contribution in [3.63, 3.8) is 0 Å². The van der Waals surface area contributed by atoms with Crippen LogP contribution in [0, 0.1) is 0 Å². The summed E-state index contributed by atoms with van der Waals surface area (Å²) in [5.74, 6) is -0.873. The molecule has 0 radical (unpaired) electrons. The fraction of sp³-hybridized carbons (Fsp3) is 0.409. The van der Waals surface area contributed by atoms with Crippen LogP contribution in [0.25, 0.3) is 0 Å². The Bertz CT molecular complexity index is 718. The average Bonchev–Trinajstić information content (AvgIpc) is 2.65. The Morgan fingerprint density at radius 2 is 1.62 bits per heavy atom. The summed E-state index contributed by atoms with van der Waals surface area (Å²) in [5, 5.41) is 9.04. The SMILES string of the molecule is CC(c1ccccc1)N1C[C@@H](C)N(Cc2ccc(C(=O)O)cc2)[C@@H](C)C1. The Kier molecular flexibility index (Phi) is 5.74. The van der Waals surface area contributed by atoms with Gasteiger partial charge in [-0.3, -0.25) is 9.80 Å². The first-order chi connectivity index (χ1) is 12.5. The van der Waals surface area contributed by atoms with Crippen LogP contribution in [0.15, 0.2) is 54.6 Å². The summed E-state index contributed by atoms with van der Waals surface area (Å²) in [6, 6.07) is 19.3. The largest absolute Gasteiger partial charge is 0.478 e. The molecule has 3 atom stereocenters. The monoisotopic (exact) mass is 352 g/mol. The molecule has 4 heteroatoms. The molecule has 1 unspecified atom stereocenters. The molecule has 4 nitrogen and oxygen atoms in total. The van der Waals surface area contributed by atoms with Gasteiger partial charge < -0.3 is 5.11 Å². The molecule has 1 fully saturated rings. The number of piperazine rings is 1. The lowest BCUT2D eigenvalue weighted by molar-refractivity contribution is 0.0143. The molecule has 2 aromatic rings. The number of hydrogen-bond acceptors (Lipinski definition) is 3. The molecule has 0 saturated carbocycles. The van der Waals surface area contributed by atoms with Crippen molar-refractivity contribution in [2.75, 3.05) is 13.1 Å². The number of carboxylic acid groups (broad SMARTS) is 1. The van der Waals surface area contributed by atoms with Gasteiger partial charge in [-0.15, -0.1) is 0 Å². The third kappa shape index (κ3) is 4.14. The van der Waals surface area contributed by atoms with E-state index in [1.54, 1.807) is 12.1 Å². The quantitative estimate of drug-likeness (QED) is 0.882. The second-order valence-electron chi connectivity index (χ2n) is 7.41. The lowest BCUT2D eigenvalue weighted by atomic mass is 10.0. The van der Waals surface area contributed by atoms with Crippen LogP contribution in [-0.2, 0) is 6.54 Å². The van der Waals surface area contributed by atoms with E-state index >= 15 is 0 Å². The molecule has 0 bridgehead atoms. The van der Waals surface area contributed by atoms with Crippen molar-refractivity contribution in [2.24, 2.45) is 0 Å². The fourth-order valence-electron chi connectivity index (χ4n) is 3.93. The maximum absolute atomic E-state index is 11.0. The Balaban J connectivity index is 1.66. The molecule has 1 N–H and O–H groups in total. The number of rotatable bonds is 5. The van der Waals surface area contributed by atoms with Crippen molar-refractivity contribution in [3.05, 3.63) is 71.3 Å².